The molecule has 8 aromatic rings. The van der Waals surface area contributed by atoms with E-state index >= 15 is 0 Å². The second-order valence-electron chi connectivity index (χ2n) is 19.3. The fourth-order valence-corrected chi connectivity index (χ4v) is 13.4. The van der Waals surface area contributed by atoms with Gasteiger partial charge in [-0.25, -0.2) is 0 Å². The van der Waals surface area contributed by atoms with Crippen molar-refractivity contribution in [3.05, 3.63) is 223 Å². The molecular weight excluding hydrogens is 773 g/mol. The molecule has 0 aliphatic heterocycles. The van der Waals surface area contributed by atoms with Crippen LogP contribution in [0.2, 0.25) is 0 Å². The lowest BCUT2D eigenvalue weighted by atomic mass is 9.51. The van der Waals surface area contributed by atoms with Crippen molar-refractivity contribution in [3.8, 4) is 16.8 Å². The predicted molar refractivity (Wildman–Crippen MR) is 269 cm³/mol. The van der Waals surface area contributed by atoms with Crippen LogP contribution in [0.1, 0.15) is 43.2 Å². The van der Waals surface area contributed by atoms with E-state index in [2.05, 4.69) is 216 Å². The fourth-order valence-electron chi connectivity index (χ4n) is 13.4. The van der Waals surface area contributed by atoms with Crippen molar-refractivity contribution in [1.29, 1.82) is 0 Å². The lowest BCUT2D eigenvalue weighted by molar-refractivity contribution is 0.172. The van der Waals surface area contributed by atoms with Crippen molar-refractivity contribution in [2.75, 3.05) is 0 Å². The molecule has 64 heavy (non-hydrogen) atoms. The molecule has 6 aliphatic rings. The van der Waals surface area contributed by atoms with Crippen molar-refractivity contribution < 1.29 is 0 Å². The molecule has 0 saturated heterocycles. The minimum atomic E-state index is 0.386. The molecule has 0 bridgehead atoms. The van der Waals surface area contributed by atoms with E-state index < -0.39 is 0 Å². The van der Waals surface area contributed by atoms with Gasteiger partial charge < -0.3 is 9.13 Å². The molecule has 308 valence electrons. The van der Waals surface area contributed by atoms with Gasteiger partial charge in [-0.2, -0.15) is 0 Å². The number of nitrogens with zero attached hydrogens (tertiary/aromatic N) is 2. The minimum absolute atomic E-state index is 0.386. The van der Waals surface area contributed by atoms with Gasteiger partial charge in [0.15, 0.2) is 0 Å². The Morgan fingerprint density at radius 3 is 1.98 bits per heavy atom. The monoisotopic (exact) mass is 822 g/mol. The van der Waals surface area contributed by atoms with Crippen LogP contribution in [0.5, 0.6) is 0 Å². The molecule has 7 unspecified atom stereocenters. The molecular formula is C62H50N2. The molecule has 2 heteroatoms. The summed E-state index contributed by atoms with van der Waals surface area (Å²) in [4.78, 5) is 0. The van der Waals surface area contributed by atoms with Gasteiger partial charge in [0.1, 0.15) is 0 Å². The van der Waals surface area contributed by atoms with Crippen molar-refractivity contribution in [1.82, 2.24) is 9.13 Å². The Labute approximate surface area is 374 Å². The van der Waals surface area contributed by atoms with Crippen molar-refractivity contribution in [2.45, 2.75) is 37.6 Å². The van der Waals surface area contributed by atoms with Crippen LogP contribution in [0, 0.1) is 35.5 Å². The van der Waals surface area contributed by atoms with E-state index in [0.29, 0.717) is 47.5 Å². The van der Waals surface area contributed by atoms with Gasteiger partial charge in [0.05, 0.1) is 17.1 Å². The number of rotatable bonds is 4. The zero-order valence-corrected chi connectivity index (χ0v) is 36.0. The van der Waals surface area contributed by atoms with E-state index in [4.69, 9.17) is 0 Å². The summed E-state index contributed by atoms with van der Waals surface area (Å²) >= 11 is 0. The molecule has 2 heterocycles. The van der Waals surface area contributed by atoms with E-state index in [9.17, 15) is 0 Å². The van der Waals surface area contributed by atoms with E-state index in [1.54, 1.807) is 11.1 Å². The molecule has 2 nitrogen and oxygen atoms in total. The average Bonchev–Trinajstić information content (AvgIpc) is 3.88. The Morgan fingerprint density at radius 2 is 1.14 bits per heavy atom. The highest BCUT2D eigenvalue weighted by Crippen LogP contribution is 2.59. The van der Waals surface area contributed by atoms with Crippen LogP contribution in [0.3, 0.4) is 0 Å². The first kappa shape index (κ1) is 36.6. The highest BCUT2D eigenvalue weighted by atomic mass is 15.0. The summed E-state index contributed by atoms with van der Waals surface area (Å²) in [5.74, 6) is 3.43. The molecule has 0 radical (unpaired) electrons. The van der Waals surface area contributed by atoms with Gasteiger partial charge >= 0.3 is 0 Å². The molecule has 14 rings (SSSR count). The first-order valence-electron chi connectivity index (χ1n) is 23.8. The lowest BCUT2D eigenvalue weighted by Crippen LogP contribution is -2.44. The molecule has 0 N–H and O–H groups in total. The van der Waals surface area contributed by atoms with Gasteiger partial charge in [-0.05, 0) is 137 Å². The second-order valence-corrected chi connectivity index (χ2v) is 19.3. The Balaban J connectivity index is 0.860. The van der Waals surface area contributed by atoms with Crippen LogP contribution in [0.15, 0.2) is 218 Å². The molecule has 2 aromatic heterocycles. The first-order valence-corrected chi connectivity index (χ1v) is 23.8. The molecule has 8 atom stereocenters. The maximum absolute atomic E-state index is 2.58. The van der Waals surface area contributed by atoms with Crippen molar-refractivity contribution in [2.24, 2.45) is 35.5 Å². The average molecular weight is 823 g/mol. The Morgan fingerprint density at radius 1 is 0.469 bits per heavy atom. The third-order valence-electron chi connectivity index (χ3n) is 16.2. The van der Waals surface area contributed by atoms with Gasteiger partial charge in [0.25, 0.3) is 0 Å². The smallest absolute Gasteiger partial charge is 0.0541 e. The minimum Gasteiger partial charge on any atom is -0.333 e. The molecule has 1 saturated carbocycles. The fraction of sp³-hybridized carbons (Fsp3) is 0.194. The van der Waals surface area contributed by atoms with Crippen LogP contribution in [-0.4, -0.2) is 9.13 Å². The summed E-state index contributed by atoms with van der Waals surface area (Å²) in [6, 6.07) is 47.1. The lowest BCUT2D eigenvalue weighted by Gasteiger charge is -2.52. The number of hydrogen-bond acceptors (Lipinski definition) is 0. The molecule has 0 amide bonds. The van der Waals surface area contributed by atoms with Crippen LogP contribution in [-0.2, 0) is 0 Å². The topological polar surface area (TPSA) is 9.86 Å². The van der Waals surface area contributed by atoms with E-state index in [1.807, 2.05) is 0 Å². The Bertz CT molecular complexity index is 3510. The number of hydrogen-bond donors (Lipinski definition) is 0. The van der Waals surface area contributed by atoms with Gasteiger partial charge in [-0.3, -0.25) is 0 Å². The number of para-hydroxylation sites is 2. The maximum atomic E-state index is 2.58. The summed E-state index contributed by atoms with van der Waals surface area (Å²) < 4.78 is 5.07. The second kappa shape index (κ2) is 14.3. The zero-order chi connectivity index (χ0) is 41.9. The first-order chi connectivity index (χ1) is 31.7. The van der Waals surface area contributed by atoms with E-state index in [0.717, 1.165) is 0 Å². The quantitative estimate of drug-likeness (QED) is 0.157. The summed E-state index contributed by atoms with van der Waals surface area (Å²) in [6.45, 7) is 0. The van der Waals surface area contributed by atoms with Crippen LogP contribution in [0.25, 0.3) is 71.2 Å². The van der Waals surface area contributed by atoms with Gasteiger partial charge in [-0.15, -0.1) is 0 Å². The summed E-state index contributed by atoms with van der Waals surface area (Å²) in [5, 5.41) is 7.84. The van der Waals surface area contributed by atoms with Crippen molar-refractivity contribution in [3.63, 3.8) is 0 Å². The molecule has 0 spiro atoms. The van der Waals surface area contributed by atoms with Crippen molar-refractivity contribution >= 4 is 54.4 Å². The highest BCUT2D eigenvalue weighted by molar-refractivity contribution is 6.12. The number of fused-ring (bicyclic) bond motifs is 14. The van der Waals surface area contributed by atoms with Gasteiger partial charge in [0, 0.05) is 50.1 Å². The molecule has 6 aromatic carbocycles. The largest absolute Gasteiger partial charge is 0.333 e. The maximum Gasteiger partial charge on any atom is 0.0541 e. The summed E-state index contributed by atoms with van der Waals surface area (Å²) in [5.41, 5.74) is 13.6. The third kappa shape index (κ3) is 5.44. The van der Waals surface area contributed by atoms with Gasteiger partial charge in [-0.1, -0.05) is 163 Å². The number of allylic oxidation sites excluding steroid dienone is 16. The molecule has 1 fully saturated rings. The zero-order valence-electron chi connectivity index (χ0n) is 36.0. The van der Waals surface area contributed by atoms with Crippen LogP contribution < -0.4 is 0 Å². The van der Waals surface area contributed by atoms with Gasteiger partial charge in [0.2, 0.25) is 0 Å². The number of benzene rings is 6. The predicted octanol–water partition coefficient (Wildman–Crippen LogP) is 15.9. The van der Waals surface area contributed by atoms with Crippen LogP contribution in [0.4, 0.5) is 0 Å². The van der Waals surface area contributed by atoms with E-state index in [-0.39, 0.29) is 0 Å². The highest BCUT2D eigenvalue weighted by Gasteiger charge is 2.50. The summed E-state index contributed by atoms with van der Waals surface area (Å²) in [6.07, 6.45) is 38.4. The van der Waals surface area contributed by atoms with E-state index in [1.165, 1.54) is 102 Å². The van der Waals surface area contributed by atoms with Crippen LogP contribution >= 0.6 is 0 Å². The third-order valence-corrected chi connectivity index (χ3v) is 16.2. The Kier molecular flexibility index (Phi) is 8.18. The Hall–Kier alpha value is -6.90. The SMILES string of the molecule is C1=CC2=C3C4C=CC=CC4C4C=CC=CC4[C@@H]3CC(c3ccc4ccc(-n5c6ccccc6c6cc(-c7ccc8c(c7)c7ccccc7n8C7C=CCCC7)ccc65)cc4c3)C2C=C1. The molecule has 6 aliphatic carbocycles. The number of aromatic nitrogens is 2. The summed E-state index contributed by atoms with van der Waals surface area (Å²) in [7, 11) is 0. The standard InChI is InChI=1S/C62H50N2/c1-2-14-44(15-3-1)63-58-24-12-10-20-50(58)55-36-40(29-32-60(55)63)41-30-33-61-56(37-41)51-21-11-13-25-59(51)64(61)45-31-28-39-26-27-42(34-43(39)35-45)54-38-57-48-18-5-4-16-46(48)47-17-6-8-22-52(47)62(57)53-23-9-7-19-49(53)54/h2,4-14,16-37,44,46-49,52,54,57H,1,3,15,38H2/t44?,46?,47?,48?,49?,52?,54?,57-/m0/s1. The normalized spacial score (nSPS) is 26.6.